The minimum Gasteiger partial charge on any atom is -0.0628 e. The molecule has 1 rings (SSSR count). The van der Waals surface area contributed by atoms with E-state index in [1.165, 1.54) is 96.3 Å². The summed E-state index contributed by atoms with van der Waals surface area (Å²) in [5.41, 5.74) is 4.86. The van der Waals surface area contributed by atoms with Gasteiger partial charge in [0.1, 0.15) is 0 Å². The molecule has 0 N–H and O–H groups in total. The molecular formula is C30H53. The van der Waals surface area contributed by atoms with Crippen molar-refractivity contribution < 1.29 is 0 Å². The first kappa shape index (κ1) is 27.3. The fourth-order valence-electron chi connectivity index (χ4n) is 4.50. The topological polar surface area (TPSA) is 0 Å². The molecule has 0 saturated carbocycles. The third-order valence-corrected chi connectivity index (χ3v) is 6.44. The summed E-state index contributed by atoms with van der Waals surface area (Å²) < 4.78 is 0. The maximum Gasteiger partial charge on any atom is -0.0146 e. The Morgan fingerprint density at radius 3 is 1.53 bits per heavy atom. The lowest BCUT2D eigenvalue weighted by Gasteiger charge is -2.16. The normalized spacial score (nSPS) is 11.9. The largest absolute Gasteiger partial charge is 0.0628 e. The molecule has 30 heavy (non-hydrogen) atoms. The first-order valence-electron chi connectivity index (χ1n) is 13.4. The average Bonchev–Trinajstić information content (AvgIpc) is 2.67. The molecule has 0 aliphatic carbocycles. The molecule has 0 aliphatic rings. The number of aryl methyl sites for hydroxylation is 2. The Morgan fingerprint density at radius 1 is 0.567 bits per heavy atom. The second-order valence-corrected chi connectivity index (χ2v) is 10.9. The molecule has 0 nitrogen and oxygen atoms in total. The minimum absolute atomic E-state index is 0.844. The molecule has 0 aliphatic heterocycles. The Kier molecular flexibility index (Phi) is 15.3. The summed E-state index contributed by atoms with van der Waals surface area (Å²) in [7, 11) is 0. The van der Waals surface area contributed by atoms with Gasteiger partial charge in [0, 0.05) is 0 Å². The summed E-state index contributed by atoms with van der Waals surface area (Å²) in [5, 5.41) is 0. The molecule has 0 saturated heterocycles. The van der Waals surface area contributed by atoms with Gasteiger partial charge in [-0.2, -0.15) is 0 Å². The molecule has 1 aromatic rings. The van der Waals surface area contributed by atoms with Crippen molar-refractivity contribution in [3.8, 4) is 0 Å². The van der Waals surface area contributed by atoms with Gasteiger partial charge in [0.2, 0.25) is 0 Å². The van der Waals surface area contributed by atoms with Crippen molar-refractivity contribution >= 4 is 0 Å². The molecule has 173 valence electrons. The smallest absolute Gasteiger partial charge is 0.0146 e. The van der Waals surface area contributed by atoms with Crippen molar-refractivity contribution in [3.05, 3.63) is 34.9 Å². The first-order valence-corrected chi connectivity index (χ1v) is 13.4. The fraction of sp³-hybridized carbons (Fsp3) is 0.800. The zero-order chi connectivity index (χ0) is 22.2. The number of hydrogen-bond acceptors (Lipinski definition) is 0. The van der Waals surface area contributed by atoms with E-state index in [2.05, 4.69) is 59.7 Å². The minimum atomic E-state index is 0.844. The van der Waals surface area contributed by atoms with E-state index < -0.39 is 0 Å². The van der Waals surface area contributed by atoms with E-state index in [-0.39, 0.29) is 0 Å². The van der Waals surface area contributed by atoms with Crippen molar-refractivity contribution in [2.24, 2.45) is 17.8 Å². The Morgan fingerprint density at radius 2 is 1.03 bits per heavy atom. The molecular weight excluding hydrogens is 360 g/mol. The predicted octanol–water partition coefficient (Wildman–Crippen LogP) is 9.76. The van der Waals surface area contributed by atoms with Gasteiger partial charge in [0.25, 0.3) is 0 Å². The highest BCUT2D eigenvalue weighted by atomic mass is 14.1. The third-order valence-electron chi connectivity index (χ3n) is 6.44. The maximum absolute atomic E-state index is 3.65. The summed E-state index contributed by atoms with van der Waals surface area (Å²) in [6.07, 6.45) is 20.3. The van der Waals surface area contributed by atoms with Crippen LogP contribution in [0, 0.1) is 23.8 Å². The van der Waals surface area contributed by atoms with E-state index in [0.717, 1.165) is 17.8 Å². The average molecular weight is 414 g/mol. The van der Waals surface area contributed by atoms with Gasteiger partial charge < -0.3 is 0 Å². The zero-order valence-corrected chi connectivity index (χ0v) is 21.5. The van der Waals surface area contributed by atoms with Crippen molar-refractivity contribution in [2.45, 2.75) is 138 Å². The van der Waals surface area contributed by atoms with Gasteiger partial charge in [-0.15, -0.1) is 0 Å². The second kappa shape index (κ2) is 16.9. The molecule has 0 aromatic heterocycles. The van der Waals surface area contributed by atoms with Crippen molar-refractivity contribution in [1.82, 2.24) is 0 Å². The molecule has 0 unspecified atom stereocenters. The highest BCUT2D eigenvalue weighted by molar-refractivity contribution is 5.35. The Labute approximate surface area is 190 Å². The number of unbranched alkanes of at least 4 members (excludes halogenated alkanes) is 6. The number of rotatable bonds is 18. The highest BCUT2D eigenvalue weighted by Gasteiger charge is 2.09. The molecule has 0 atom stereocenters. The molecule has 0 amide bonds. The van der Waals surface area contributed by atoms with Crippen LogP contribution in [-0.2, 0) is 19.3 Å². The van der Waals surface area contributed by atoms with Crippen LogP contribution in [0.5, 0.6) is 0 Å². The van der Waals surface area contributed by atoms with Crippen LogP contribution in [0.1, 0.15) is 135 Å². The van der Waals surface area contributed by atoms with Crippen LogP contribution < -0.4 is 0 Å². The maximum atomic E-state index is 3.65. The molecule has 0 bridgehead atoms. The monoisotopic (exact) mass is 413 g/mol. The zero-order valence-electron chi connectivity index (χ0n) is 21.5. The van der Waals surface area contributed by atoms with E-state index >= 15 is 0 Å². The van der Waals surface area contributed by atoms with E-state index in [4.69, 9.17) is 0 Å². The summed E-state index contributed by atoms with van der Waals surface area (Å²) in [5.74, 6) is 2.54. The fourth-order valence-corrected chi connectivity index (χ4v) is 4.50. The van der Waals surface area contributed by atoms with Crippen LogP contribution in [0.2, 0.25) is 0 Å². The van der Waals surface area contributed by atoms with Gasteiger partial charge in [-0.25, -0.2) is 0 Å². The Balaban J connectivity index is 2.61. The lowest BCUT2D eigenvalue weighted by molar-refractivity contribution is 0.521. The van der Waals surface area contributed by atoms with Crippen LogP contribution in [0.4, 0.5) is 0 Å². The Hall–Kier alpha value is -0.780. The lowest BCUT2D eigenvalue weighted by atomic mass is 9.89. The lowest BCUT2D eigenvalue weighted by Crippen LogP contribution is -2.02. The summed E-state index contributed by atoms with van der Waals surface area (Å²) in [6, 6.07) is 8.25. The van der Waals surface area contributed by atoms with Gasteiger partial charge in [0.15, 0.2) is 0 Å². The van der Waals surface area contributed by atoms with Crippen LogP contribution in [0.25, 0.3) is 0 Å². The quantitative estimate of drug-likeness (QED) is 0.210. The van der Waals surface area contributed by atoms with Crippen molar-refractivity contribution in [2.75, 3.05) is 0 Å². The third kappa shape index (κ3) is 13.5. The van der Waals surface area contributed by atoms with Crippen LogP contribution in [0.15, 0.2) is 12.1 Å². The molecule has 0 heterocycles. The molecule has 0 fully saturated rings. The second-order valence-electron chi connectivity index (χ2n) is 10.9. The van der Waals surface area contributed by atoms with E-state index in [0.29, 0.717) is 0 Å². The predicted molar refractivity (Wildman–Crippen MR) is 136 cm³/mol. The van der Waals surface area contributed by atoms with Gasteiger partial charge >= 0.3 is 0 Å². The van der Waals surface area contributed by atoms with Crippen LogP contribution >= 0.6 is 0 Å². The van der Waals surface area contributed by atoms with E-state index in [1.807, 2.05) is 0 Å². The molecule has 0 heteroatoms. The standard InChI is InChI=1S/C30H53/c1-25(2)17-10-7-13-20-28-22-16-23-29(21-14-8-11-18-26(3)4)30(28)24-15-9-12-19-27(5)6/h16,22,25-27H,7-15,17-21,24H2,1-6H3. The molecule has 1 aromatic carbocycles. The summed E-state index contributed by atoms with van der Waals surface area (Å²) in [6.45, 7) is 14.1. The van der Waals surface area contributed by atoms with E-state index in [9.17, 15) is 0 Å². The number of hydrogen-bond donors (Lipinski definition) is 0. The van der Waals surface area contributed by atoms with Gasteiger partial charge in [-0.05, 0) is 79.0 Å². The number of benzene rings is 1. The molecule has 0 spiro atoms. The van der Waals surface area contributed by atoms with Crippen molar-refractivity contribution in [3.63, 3.8) is 0 Å². The summed E-state index contributed by atoms with van der Waals surface area (Å²) >= 11 is 0. The first-order chi connectivity index (χ1) is 14.4. The van der Waals surface area contributed by atoms with Crippen molar-refractivity contribution in [1.29, 1.82) is 0 Å². The Bertz CT molecular complexity index is 487. The van der Waals surface area contributed by atoms with E-state index in [1.54, 1.807) is 16.7 Å². The van der Waals surface area contributed by atoms with Gasteiger partial charge in [-0.3, -0.25) is 0 Å². The SMILES string of the molecule is CC(C)CCCCCc1[c]ccc(CCCCCC(C)C)c1CCCCCC(C)C. The summed E-state index contributed by atoms with van der Waals surface area (Å²) in [4.78, 5) is 0. The van der Waals surface area contributed by atoms with Gasteiger partial charge in [-0.1, -0.05) is 111 Å². The molecule has 1 radical (unpaired) electrons. The van der Waals surface area contributed by atoms with Gasteiger partial charge in [0.05, 0.1) is 0 Å². The highest BCUT2D eigenvalue weighted by Crippen LogP contribution is 2.23. The van der Waals surface area contributed by atoms with Crippen LogP contribution in [0.3, 0.4) is 0 Å². The van der Waals surface area contributed by atoms with Crippen LogP contribution in [-0.4, -0.2) is 0 Å².